The standard InChI is InChI=1S/C11H18N2OS/c1-5-6-7-10(14)13(4)11-12-8(2)9(3)15-11/h5-7H2,1-4H3. The van der Waals surface area contributed by atoms with Crippen molar-refractivity contribution in [3.8, 4) is 0 Å². The van der Waals surface area contributed by atoms with Crippen molar-refractivity contribution >= 4 is 22.4 Å². The van der Waals surface area contributed by atoms with Gasteiger partial charge in [-0.3, -0.25) is 9.69 Å². The maximum Gasteiger partial charge on any atom is 0.228 e. The first-order valence-electron chi connectivity index (χ1n) is 5.26. The van der Waals surface area contributed by atoms with Crippen LogP contribution in [0.15, 0.2) is 0 Å². The molecule has 0 N–H and O–H groups in total. The van der Waals surface area contributed by atoms with Crippen LogP contribution in [0.5, 0.6) is 0 Å². The maximum atomic E-state index is 11.7. The first-order chi connectivity index (χ1) is 7.06. The van der Waals surface area contributed by atoms with Crippen LogP contribution in [0.25, 0.3) is 0 Å². The van der Waals surface area contributed by atoms with E-state index in [1.807, 2.05) is 13.8 Å². The lowest BCUT2D eigenvalue weighted by Crippen LogP contribution is -2.25. The van der Waals surface area contributed by atoms with Crippen molar-refractivity contribution in [3.63, 3.8) is 0 Å². The Kier molecular flexibility index (Phi) is 4.27. The molecule has 0 saturated heterocycles. The van der Waals surface area contributed by atoms with Crippen molar-refractivity contribution in [2.45, 2.75) is 40.0 Å². The average Bonchev–Trinajstić information content (AvgIpc) is 2.54. The lowest BCUT2D eigenvalue weighted by Gasteiger charge is -2.12. The molecule has 0 aliphatic heterocycles. The molecule has 1 heterocycles. The van der Waals surface area contributed by atoms with Crippen molar-refractivity contribution in [3.05, 3.63) is 10.6 Å². The van der Waals surface area contributed by atoms with E-state index in [2.05, 4.69) is 11.9 Å². The second kappa shape index (κ2) is 5.26. The lowest BCUT2D eigenvalue weighted by atomic mass is 10.2. The van der Waals surface area contributed by atoms with Gasteiger partial charge in [-0.1, -0.05) is 13.3 Å². The summed E-state index contributed by atoms with van der Waals surface area (Å²) in [4.78, 5) is 18.9. The van der Waals surface area contributed by atoms with E-state index in [9.17, 15) is 4.79 Å². The van der Waals surface area contributed by atoms with Gasteiger partial charge >= 0.3 is 0 Å². The van der Waals surface area contributed by atoms with Crippen LogP contribution in [0.1, 0.15) is 36.8 Å². The SMILES string of the molecule is CCCCC(=O)N(C)c1nc(C)c(C)s1. The van der Waals surface area contributed by atoms with Crippen molar-refractivity contribution in [2.75, 3.05) is 11.9 Å². The van der Waals surface area contributed by atoms with Crippen LogP contribution in [-0.4, -0.2) is 17.9 Å². The predicted octanol–water partition coefficient (Wildman–Crippen LogP) is 2.91. The summed E-state index contributed by atoms with van der Waals surface area (Å²) in [7, 11) is 1.80. The molecule has 4 heteroatoms. The van der Waals surface area contributed by atoms with E-state index in [1.54, 1.807) is 23.3 Å². The molecule has 0 bridgehead atoms. The van der Waals surface area contributed by atoms with E-state index in [1.165, 1.54) is 4.88 Å². The number of hydrogen-bond donors (Lipinski definition) is 0. The second-order valence-corrected chi connectivity index (χ2v) is 4.88. The fraction of sp³-hybridized carbons (Fsp3) is 0.636. The van der Waals surface area contributed by atoms with Crippen molar-refractivity contribution in [1.82, 2.24) is 4.98 Å². The molecule has 0 radical (unpaired) electrons. The van der Waals surface area contributed by atoms with Crippen molar-refractivity contribution in [2.24, 2.45) is 0 Å². The van der Waals surface area contributed by atoms with Crippen LogP contribution in [0.4, 0.5) is 5.13 Å². The quantitative estimate of drug-likeness (QED) is 0.791. The Morgan fingerprint density at radius 3 is 2.60 bits per heavy atom. The molecule has 0 unspecified atom stereocenters. The van der Waals surface area contributed by atoms with Crippen LogP contribution < -0.4 is 4.90 Å². The summed E-state index contributed by atoms with van der Waals surface area (Å²) >= 11 is 1.58. The third kappa shape index (κ3) is 3.02. The van der Waals surface area contributed by atoms with Crippen molar-refractivity contribution in [1.29, 1.82) is 0 Å². The van der Waals surface area contributed by atoms with Gasteiger partial charge in [0, 0.05) is 18.3 Å². The minimum Gasteiger partial charge on any atom is -0.291 e. The monoisotopic (exact) mass is 226 g/mol. The van der Waals surface area contributed by atoms with Gasteiger partial charge in [0.05, 0.1) is 5.69 Å². The van der Waals surface area contributed by atoms with Gasteiger partial charge in [-0.25, -0.2) is 4.98 Å². The minimum atomic E-state index is 0.158. The highest BCUT2D eigenvalue weighted by atomic mass is 32.1. The van der Waals surface area contributed by atoms with Crippen LogP contribution in [0.2, 0.25) is 0 Å². The summed E-state index contributed by atoms with van der Waals surface area (Å²) in [6.07, 6.45) is 2.62. The van der Waals surface area contributed by atoms with Gasteiger partial charge in [-0.2, -0.15) is 0 Å². The smallest absolute Gasteiger partial charge is 0.228 e. The van der Waals surface area contributed by atoms with E-state index in [0.717, 1.165) is 23.7 Å². The summed E-state index contributed by atoms with van der Waals surface area (Å²) in [5, 5.41) is 0.811. The largest absolute Gasteiger partial charge is 0.291 e. The molecule has 0 aromatic carbocycles. The normalized spacial score (nSPS) is 10.4. The van der Waals surface area contributed by atoms with Gasteiger partial charge in [0.2, 0.25) is 5.91 Å². The Balaban J connectivity index is 2.67. The number of unbranched alkanes of at least 4 members (excludes halogenated alkanes) is 1. The molecule has 15 heavy (non-hydrogen) atoms. The molecule has 0 atom stereocenters. The number of thiazole rings is 1. The van der Waals surface area contributed by atoms with Crippen LogP contribution in [0, 0.1) is 13.8 Å². The van der Waals surface area contributed by atoms with Gasteiger partial charge in [-0.05, 0) is 20.3 Å². The number of anilines is 1. The fourth-order valence-electron chi connectivity index (χ4n) is 1.20. The zero-order chi connectivity index (χ0) is 11.4. The summed E-state index contributed by atoms with van der Waals surface area (Å²) in [5.41, 5.74) is 1.02. The van der Waals surface area contributed by atoms with Gasteiger partial charge in [0.15, 0.2) is 5.13 Å². The molecule has 0 saturated carbocycles. The Labute approximate surface area is 95.1 Å². The van der Waals surface area contributed by atoms with Crippen molar-refractivity contribution < 1.29 is 4.79 Å². The van der Waals surface area contributed by atoms with E-state index >= 15 is 0 Å². The number of amides is 1. The molecule has 3 nitrogen and oxygen atoms in total. The molecular weight excluding hydrogens is 208 g/mol. The maximum absolute atomic E-state index is 11.7. The molecule has 0 aliphatic carbocycles. The summed E-state index contributed by atoms with van der Waals surface area (Å²) in [6, 6.07) is 0. The molecule has 84 valence electrons. The van der Waals surface area contributed by atoms with Gasteiger partial charge in [-0.15, -0.1) is 11.3 Å². The minimum absolute atomic E-state index is 0.158. The van der Waals surface area contributed by atoms with E-state index in [4.69, 9.17) is 0 Å². The highest BCUT2D eigenvalue weighted by Gasteiger charge is 2.14. The zero-order valence-electron chi connectivity index (χ0n) is 9.83. The van der Waals surface area contributed by atoms with Gasteiger partial charge in [0.25, 0.3) is 0 Å². The fourth-order valence-corrected chi connectivity index (χ4v) is 2.09. The summed E-state index contributed by atoms with van der Waals surface area (Å²) < 4.78 is 0. The summed E-state index contributed by atoms with van der Waals surface area (Å²) in [6.45, 7) is 6.09. The Morgan fingerprint density at radius 1 is 1.47 bits per heavy atom. The molecule has 0 spiro atoms. The number of aromatic nitrogens is 1. The number of rotatable bonds is 4. The van der Waals surface area contributed by atoms with E-state index in [0.29, 0.717) is 6.42 Å². The molecule has 0 aliphatic rings. The van der Waals surface area contributed by atoms with Gasteiger partial charge in [0.1, 0.15) is 0 Å². The first kappa shape index (κ1) is 12.2. The highest BCUT2D eigenvalue weighted by Crippen LogP contribution is 2.24. The number of aryl methyl sites for hydroxylation is 2. The van der Waals surface area contributed by atoms with E-state index in [-0.39, 0.29) is 5.91 Å². The predicted molar refractivity (Wildman–Crippen MR) is 64.5 cm³/mol. The highest BCUT2D eigenvalue weighted by molar-refractivity contribution is 7.15. The molecule has 1 aromatic heterocycles. The molecule has 1 rings (SSSR count). The third-order valence-electron chi connectivity index (χ3n) is 2.42. The van der Waals surface area contributed by atoms with E-state index < -0.39 is 0 Å². The number of hydrogen-bond acceptors (Lipinski definition) is 3. The first-order valence-corrected chi connectivity index (χ1v) is 6.08. The number of carbonyl (C=O) groups is 1. The summed E-state index contributed by atoms with van der Waals surface area (Å²) in [5.74, 6) is 0.158. The lowest BCUT2D eigenvalue weighted by molar-refractivity contribution is -0.118. The molecule has 1 aromatic rings. The average molecular weight is 226 g/mol. The Bertz CT molecular complexity index is 327. The Morgan fingerprint density at radius 2 is 2.13 bits per heavy atom. The van der Waals surface area contributed by atoms with Crippen LogP contribution in [0.3, 0.4) is 0 Å². The van der Waals surface area contributed by atoms with Crippen LogP contribution >= 0.6 is 11.3 Å². The molecule has 1 amide bonds. The molecular formula is C11H18N2OS. The third-order valence-corrected chi connectivity index (χ3v) is 3.57. The molecule has 0 fully saturated rings. The zero-order valence-corrected chi connectivity index (χ0v) is 10.6. The van der Waals surface area contributed by atoms with Gasteiger partial charge < -0.3 is 0 Å². The van der Waals surface area contributed by atoms with Crippen LogP contribution in [-0.2, 0) is 4.79 Å². The second-order valence-electron chi connectivity index (χ2n) is 3.69. The number of carbonyl (C=O) groups excluding carboxylic acids is 1. The number of nitrogens with zero attached hydrogens (tertiary/aromatic N) is 2. The Hall–Kier alpha value is -0.900. The topological polar surface area (TPSA) is 33.2 Å².